The lowest BCUT2D eigenvalue weighted by atomic mass is 9.89. The molecular formula is C32H31Cl2FN2O3S. The molecule has 3 aromatic carbocycles. The summed E-state index contributed by atoms with van der Waals surface area (Å²) < 4.78 is 22.7. The highest BCUT2D eigenvalue weighted by atomic mass is 35.5. The van der Waals surface area contributed by atoms with Gasteiger partial charge in [0.2, 0.25) is 0 Å². The van der Waals surface area contributed by atoms with Crippen LogP contribution in [-0.4, -0.2) is 47.3 Å². The number of hydrogen-bond acceptors (Lipinski definition) is 5. The number of methoxy groups -OCH3 is 1. The maximum atomic E-state index is 14.7. The van der Waals surface area contributed by atoms with Crippen LogP contribution in [0.3, 0.4) is 0 Å². The summed E-state index contributed by atoms with van der Waals surface area (Å²) in [4.78, 5) is 28.4. The number of hydrogen-bond donors (Lipinski definition) is 0. The largest absolute Gasteiger partial charge is 0.496 e. The minimum absolute atomic E-state index is 0.00722. The third-order valence-corrected chi connectivity index (χ3v) is 9.80. The average Bonchev–Trinajstić information content (AvgIpc) is 3.32. The van der Waals surface area contributed by atoms with Crippen molar-refractivity contribution in [1.29, 1.82) is 0 Å². The molecule has 41 heavy (non-hydrogen) atoms. The van der Waals surface area contributed by atoms with Crippen molar-refractivity contribution in [3.8, 4) is 16.9 Å². The Balaban J connectivity index is 1.54. The molecule has 5 rings (SSSR count). The first kappa shape index (κ1) is 29.5. The van der Waals surface area contributed by atoms with E-state index in [1.54, 1.807) is 36.7 Å². The number of fused-ring (bicyclic) bond motifs is 1. The molecule has 1 saturated carbocycles. The molecule has 1 heterocycles. The number of thiophene rings is 1. The van der Waals surface area contributed by atoms with Gasteiger partial charge in [0.1, 0.15) is 16.4 Å². The van der Waals surface area contributed by atoms with Crippen LogP contribution in [0, 0.1) is 5.82 Å². The number of rotatable bonds is 8. The Kier molecular flexibility index (Phi) is 9.00. The van der Waals surface area contributed by atoms with Gasteiger partial charge in [0.15, 0.2) is 5.78 Å². The Morgan fingerprint density at radius 1 is 1.00 bits per heavy atom. The molecule has 0 bridgehead atoms. The summed E-state index contributed by atoms with van der Waals surface area (Å²) in [5.74, 6) is -0.0318. The lowest BCUT2D eigenvalue weighted by Gasteiger charge is -2.38. The van der Waals surface area contributed by atoms with Crippen LogP contribution in [0.25, 0.3) is 21.2 Å². The topological polar surface area (TPSA) is 49.9 Å². The number of benzene rings is 3. The summed E-state index contributed by atoms with van der Waals surface area (Å²) in [6, 6.07) is 18.2. The van der Waals surface area contributed by atoms with E-state index in [-0.39, 0.29) is 40.7 Å². The van der Waals surface area contributed by atoms with Crippen molar-refractivity contribution in [1.82, 2.24) is 9.32 Å². The van der Waals surface area contributed by atoms with Crippen LogP contribution in [0.15, 0.2) is 60.7 Å². The van der Waals surface area contributed by atoms with Crippen molar-refractivity contribution in [2.45, 2.75) is 51.2 Å². The average molecular weight is 614 g/mol. The Morgan fingerprint density at radius 3 is 2.34 bits per heavy atom. The van der Waals surface area contributed by atoms with Gasteiger partial charge in [0, 0.05) is 46.9 Å². The van der Waals surface area contributed by atoms with E-state index in [1.165, 1.54) is 17.4 Å². The van der Waals surface area contributed by atoms with Crippen molar-refractivity contribution < 1.29 is 18.7 Å². The predicted octanol–water partition coefficient (Wildman–Crippen LogP) is 8.61. The number of carbonyl (C=O) groups is 2. The highest BCUT2D eigenvalue weighted by Gasteiger charge is 2.33. The maximum Gasteiger partial charge on any atom is 0.266 e. The van der Waals surface area contributed by atoms with Crippen LogP contribution in [0.1, 0.15) is 58.2 Å². The summed E-state index contributed by atoms with van der Waals surface area (Å²) in [6.07, 6.45) is 3.23. The van der Waals surface area contributed by atoms with E-state index in [9.17, 15) is 14.0 Å². The number of Topliss-reactive ketones (excluding diaryl/α,β-unsaturated/α-hetero) is 1. The molecule has 4 aromatic rings. The second-order valence-electron chi connectivity index (χ2n) is 10.4. The Labute approximate surface area is 253 Å². The summed E-state index contributed by atoms with van der Waals surface area (Å²) >= 11 is 14.1. The zero-order chi connectivity index (χ0) is 29.3. The molecule has 0 saturated heterocycles. The number of ketones is 1. The second-order valence-corrected chi connectivity index (χ2v) is 12.4. The van der Waals surface area contributed by atoms with Crippen LogP contribution in [0.2, 0.25) is 5.02 Å². The minimum Gasteiger partial charge on any atom is -0.496 e. The van der Waals surface area contributed by atoms with Crippen molar-refractivity contribution in [2.75, 3.05) is 14.2 Å². The normalized spacial score (nSPS) is 17.1. The standard InChI is InChI=1S/C32H31Cl2FN2O3S/c1-19(38)20-6-4-7-21(16-20)22-10-15-27(40-3)23(17-22)18-37(25-13-11-24(12-14-25)36(2)34)32(39)31-30(33)29-26(35)8-5-9-28(29)41-31/h4-10,15-17,24-25H,11-14,18H2,1-3H3/t24-,25-. The second kappa shape index (κ2) is 12.5. The van der Waals surface area contributed by atoms with E-state index in [2.05, 4.69) is 0 Å². The highest BCUT2D eigenvalue weighted by molar-refractivity contribution is 7.21. The number of carbonyl (C=O) groups excluding carboxylic acids is 2. The molecule has 0 atom stereocenters. The van der Waals surface area contributed by atoms with Crippen molar-refractivity contribution >= 4 is 56.5 Å². The lowest BCUT2D eigenvalue weighted by molar-refractivity contribution is 0.0589. The molecule has 1 fully saturated rings. The van der Waals surface area contributed by atoms with E-state index < -0.39 is 5.82 Å². The molecule has 1 aromatic heterocycles. The monoisotopic (exact) mass is 612 g/mol. The van der Waals surface area contributed by atoms with Gasteiger partial charge in [-0.3, -0.25) is 9.59 Å². The predicted molar refractivity (Wildman–Crippen MR) is 165 cm³/mol. The van der Waals surface area contributed by atoms with Crippen LogP contribution in [0.5, 0.6) is 5.75 Å². The van der Waals surface area contributed by atoms with Gasteiger partial charge in [-0.15, -0.1) is 11.3 Å². The van der Waals surface area contributed by atoms with Gasteiger partial charge in [-0.1, -0.05) is 41.9 Å². The van der Waals surface area contributed by atoms with E-state index >= 15 is 0 Å². The molecular weight excluding hydrogens is 582 g/mol. The van der Waals surface area contributed by atoms with Gasteiger partial charge in [-0.05, 0) is 85.8 Å². The molecule has 0 spiro atoms. The minimum atomic E-state index is -0.442. The summed E-state index contributed by atoms with van der Waals surface area (Å²) in [5.41, 5.74) is 3.26. The van der Waals surface area contributed by atoms with E-state index in [0.29, 0.717) is 20.9 Å². The van der Waals surface area contributed by atoms with Gasteiger partial charge in [0.05, 0.1) is 12.1 Å². The fraction of sp³-hybridized carbons (Fsp3) is 0.312. The number of ether oxygens (including phenoxy) is 1. The molecule has 214 valence electrons. The van der Waals surface area contributed by atoms with Gasteiger partial charge >= 0.3 is 0 Å². The molecule has 0 N–H and O–H groups in total. The highest BCUT2D eigenvalue weighted by Crippen LogP contribution is 2.40. The summed E-state index contributed by atoms with van der Waals surface area (Å²) in [6.45, 7) is 1.82. The van der Waals surface area contributed by atoms with E-state index in [4.69, 9.17) is 28.1 Å². The Hall–Kier alpha value is -2.97. The van der Waals surface area contributed by atoms with Crippen LogP contribution in [-0.2, 0) is 6.54 Å². The van der Waals surface area contributed by atoms with Gasteiger partial charge < -0.3 is 9.64 Å². The summed E-state index contributed by atoms with van der Waals surface area (Å²) in [7, 11) is 3.46. The summed E-state index contributed by atoms with van der Waals surface area (Å²) in [5, 5.41) is 0.425. The van der Waals surface area contributed by atoms with E-state index in [0.717, 1.165) is 42.4 Å². The maximum absolute atomic E-state index is 14.7. The zero-order valence-corrected chi connectivity index (χ0v) is 25.5. The third kappa shape index (κ3) is 6.14. The zero-order valence-electron chi connectivity index (χ0n) is 23.1. The first-order valence-corrected chi connectivity index (χ1v) is 15.1. The fourth-order valence-corrected chi connectivity index (χ4v) is 7.32. The van der Waals surface area contributed by atoms with Gasteiger partial charge in [-0.2, -0.15) is 0 Å². The Morgan fingerprint density at radius 2 is 1.68 bits per heavy atom. The number of halogens is 3. The van der Waals surface area contributed by atoms with Crippen molar-refractivity contribution in [3.63, 3.8) is 0 Å². The van der Waals surface area contributed by atoms with Crippen molar-refractivity contribution in [2.24, 2.45) is 0 Å². The molecule has 0 aliphatic heterocycles. The van der Waals surface area contributed by atoms with Crippen molar-refractivity contribution in [3.05, 3.63) is 87.5 Å². The molecule has 5 nitrogen and oxygen atoms in total. The molecule has 0 unspecified atom stereocenters. The van der Waals surface area contributed by atoms with Gasteiger partial charge in [0.25, 0.3) is 5.91 Å². The molecule has 1 aliphatic carbocycles. The van der Waals surface area contributed by atoms with Crippen LogP contribution < -0.4 is 4.74 Å². The number of nitrogens with zero attached hydrogens (tertiary/aromatic N) is 2. The first-order chi connectivity index (χ1) is 19.7. The van der Waals surface area contributed by atoms with Crippen LogP contribution >= 0.6 is 34.7 Å². The Bertz CT molecular complexity index is 1600. The number of amides is 1. The fourth-order valence-electron chi connectivity index (χ4n) is 5.61. The molecule has 1 amide bonds. The van der Waals surface area contributed by atoms with Gasteiger partial charge in [-0.25, -0.2) is 8.81 Å². The smallest absolute Gasteiger partial charge is 0.266 e. The van der Waals surface area contributed by atoms with E-state index in [1.807, 2.05) is 48.3 Å². The molecule has 1 aliphatic rings. The molecule has 0 radical (unpaired) electrons. The quantitative estimate of drug-likeness (QED) is 0.148. The first-order valence-electron chi connectivity index (χ1n) is 13.5. The lowest BCUT2D eigenvalue weighted by Crippen LogP contribution is -2.44. The molecule has 9 heteroatoms. The van der Waals surface area contributed by atoms with Crippen LogP contribution in [0.4, 0.5) is 4.39 Å². The third-order valence-electron chi connectivity index (χ3n) is 7.90. The SMILES string of the molecule is COc1ccc(-c2cccc(C(C)=O)c2)cc1CN(C(=O)c1sc2cccc(F)c2c1Cl)[C@H]1CC[C@H](N(C)Cl)CC1.